The Morgan fingerprint density at radius 1 is 1.63 bits per heavy atom. The number of anilines is 1. The number of halogens is 2. The van der Waals surface area contributed by atoms with Crippen LogP contribution in [0.15, 0.2) is 16.6 Å². The van der Waals surface area contributed by atoms with Gasteiger partial charge in [-0.2, -0.15) is 11.8 Å². The second kappa shape index (κ2) is 6.58. The zero-order valence-corrected chi connectivity index (χ0v) is 13.1. The van der Waals surface area contributed by atoms with Crippen LogP contribution in [-0.2, 0) is 0 Å². The lowest BCUT2D eigenvalue weighted by atomic mass is 10.1. The van der Waals surface area contributed by atoms with Gasteiger partial charge in [-0.15, -0.1) is 0 Å². The topological polar surface area (TPSA) is 75.3 Å². The lowest BCUT2D eigenvalue weighted by Gasteiger charge is -2.22. The van der Waals surface area contributed by atoms with Gasteiger partial charge in [0.1, 0.15) is 5.82 Å². The summed E-state index contributed by atoms with van der Waals surface area (Å²) in [5.41, 5.74) is 4.58. The van der Waals surface area contributed by atoms with Crippen LogP contribution < -0.4 is 11.1 Å². The van der Waals surface area contributed by atoms with E-state index in [0.717, 1.165) is 6.07 Å². The Hall–Kier alpha value is -0.790. The molecule has 1 amide bonds. The van der Waals surface area contributed by atoms with E-state index in [1.54, 1.807) is 6.92 Å². The largest absolute Gasteiger partial charge is 0.396 e. The minimum absolute atomic E-state index is 0.0933. The van der Waals surface area contributed by atoms with Crippen molar-refractivity contribution in [3.8, 4) is 0 Å². The molecule has 0 aromatic heterocycles. The van der Waals surface area contributed by atoms with Gasteiger partial charge in [-0.25, -0.2) is 4.39 Å². The van der Waals surface area contributed by atoms with E-state index in [4.69, 9.17) is 5.73 Å². The summed E-state index contributed by atoms with van der Waals surface area (Å²) in [6, 6.07) is 2.41. The fourth-order valence-corrected chi connectivity index (χ4v) is 2.69. The van der Waals surface area contributed by atoms with Crippen molar-refractivity contribution in [1.82, 2.24) is 5.32 Å². The monoisotopic (exact) mass is 350 g/mol. The highest BCUT2D eigenvalue weighted by molar-refractivity contribution is 9.10. The zero-order valence-electron chi connectivity index (χ0n) is 10.7. The maximum Gasteiger partial charge on any atom is 0.252 e. The van der Waals surface area contributed by atoms with E-state index in [9.17, 15) is 14.3 Å². The summed E-state index contributed by atoms with van der Waals surface area (Å²) in [4.78, 5) is 11.9. The molecular formula is C12H16BrFN2O2S. The van der Waals surface area contributed by atoms with Gasteiger partial charge in [0.15, 0.2) is 0 Å². The Morgan fingerprint density at radius 2 is 2.26 bits per heavy atom. The van der Waals surface area contributed by atoms with E-state index < -0.39 is 17.3 Å². The molecule has 1 aromatic carbocycles. The maximum absolute atomic E-state index is 13.2. The second-order valence-corrected chi connectivity index (χ2v) is 6.19. The molecule has 1 unspecified atom stereocenters. The van der Waals surface area contributed by atoms with Crippen molar-refractivity contribution >= 4 is 39.3 Å². The Labute approximate surface area is 124 Å². The van der Waals surface area contributed by atoms with Gasteiger partial charge in [-0.3, -0.25) is 4.79 Å². The highest BCUT2D eigenvalue weighted by atomic mass is 79.9. The zero-order chi connectivity index (χ0) is 14.6. The Morgan fingerprint density at radius 3 is 2.84 bits per heavy atom. The highest BCUT2D eigenvalue weighted by Gasteiger charge is 2.21. The summed E-state index contributed by atoms with van der Waals surface area (Å²) < 4.78 is 13.5. The average Bonchev–Trinajstić information content (AvgIpc) is 2.31. The molecule has 0 saturated heterocycles. The van der Waals surface area contributed by atoms with Crippen molar-refractivity contribution in [1.29, 1.82) is 0 Å². The molecule has 0 aliphatic carbocycles. The first kappa shape index (κ1) is 16.3. The SMILES string of the molecule is CSCC(C)(O)CNC(=O)c1cc(N)c(F)cc1Br. The molecule has 106 valence electrons. The van der Waals surface area contributed by atoms with E-state index in [-0.39, 0.29) is 17.8 Å². The number of benzene rings is 1. The van der Waals surface area contributed by atoms with Gasteiger partial charge >= 0.3 is 0 Å². The summed E-state index contributed by atoms with van der Waals surface area (Å²) >= 11 is 4.59. The molecule has 0 aliphatic rings. The quantitative estimate of drug-likeness (QED) is 0.710. The van der Waals surface area contributed by atoms with Crippen molar-refractivity contribution in [2.75, 3.05) is 24.3 Å². The van der Waals surface area contributed by atoms with Crippen molar-refractivity contribution in [3.63, 3.8) is 0 Å². The molecule has 7 heteroatoms. The first-order chi connectivity index (χ1) is 8.76. The number of rotatable bonds is 5. The van der Waals surface area contributed by atoms with Crippen LogP contribution in [0.5, 0.6) is 0 Å². The number of carbonyl (C=O) groups excluding carboxylic acids is 1. The lowest BCUT2D eigenvalue weighted by molar-refractivity contribution is 0.0724. The smallest absolute Gasteiger partial charge is 0.252 e. The van der Waals surface area contributed by atoms with Crippen molar-refractivity contribution in [2.24, 2.45) is 0 Å². The van der Waals surface area contributed by atoms with Crippen LogP contribution >= 0.6 is 27.7 Å². The number of nitrogen functional groups attached to an aromatic ring is 1. The van der Waals surface area contributed by atoms with E-state index in [1.807, 2.05) is 6.26 Å². The predicted octanol–water partition coefficient (Wildman–Crippen LogP) is 2.01. The molecule has 1 atom stereocenters. The molecule has 4 nitrogen and oxygen atoms in total. The fourth-order valence-electron chi connectivity index (χ4n) is 1.47. The molecule has 0 saturated carbocycles. The molecule has 0 aliphatic heterocycles. The van der Waals surface area contributed by atoms with E-state index >= 15 is 0 Å². The summed E-state index contributed by atoms with van der Waals surface area (Å²) in [6.45, 7) is 1.74. The summed E-state index contributed by atoms with van der Waals surface area (Å²) in [6.07, 6.45) is 1.87. The Balaban J connectivity index is 2.77. The van der Waals surface area contributed by atoms with E-state index in [1.165, 1.54) is 17.8 Å². The third kappa shape index (κ3) is 4.67. The predicted molar refractivity (Wildman–Crippen MR) is 79.9 cm³/mol. The average molecular weight is 351 g/mol. The van der Waals surface area contributed by atoms with E-state index in [0.29, 0.717) is 10.2 Å². The third-order valence-corrected chi connectivity index (χ3v) is 3.98. The molecular weight excluding hydrogens is 335 g/mol. The molecule has 0 bridgehead atoms. The van der Waals surface area contributed by atoms with Gasteiger partial charge in [0.25, 0.3) is 5.91 Å². The van der Waals surface area contributed by atoms with Crippen LogP contribution in [0.1, 0.15) is 17.3 Å². The highest BCUT2D eigenvalue weighted by Crippen LogP contribution is 2.23. The van der Waals surface area contributed by atoms with Crippen LogP contribution in [0.3, 0.4) is 0 Å². The van der Waals surface area contributed by atoms with Crippen molar-refractivity contribution in [2.45, 2.75) is 12.5 Å². The number of aliphatic hydroxyl groups is 1. The van der Waals surface area contributed by atoms with Crippen LogP contribution in [0, 0.1) is 5.82 Å². The molecule has 4 N–H and O–H groups in total. The number of hydrogen-bond acceptors (Lipinski definition) is 4. The normalized spacial score (nSPS) is 13.9. The van der Waals surface area contributed by atoms with Gasteiger partial charge in [-0.05, 0) is 41.2 Å². The fraction of sp³-hybridized carbons (Fsp3) is 0.417. The summed E-state index contributed by atoms with van der Waals surface area (Å²) in [7, 11) is 0. The number of nitrogens with one attached hydrogen (secondary N) is 1. The number of carbonyl (C=O) groups is 1. The van der Waals surface area contributed by atoms with E-state index in [2.05, 4.69) is 21.2 Å². The van der Waals surface area contributed by atoms with Crippen molar-refractivity contribution < 1.29 is 14.3 Å². The minimum atomic E-state index is -0.993. The number of amides is 1. The molecule has 0 spiro atoms. The van der Waals surface area contributed by atoms with Gasteiger partial charge in [0, 0.05) is 16.8 Å². The van der Waals surface area contributed by atoms with Gasteiger partial charge in [-0.1, -0.05) is 0 Å². The maximum atomic E-state index is 13.2. The molecule has 0 fully saturated rings. The molecule has 0 radical (unpaired) electrons. The number of hydrogen-bond donors (Lipinski definition) is 3. The lowest BCUT2D eigenvalue weighted by Crippen LogP contribution is -2.42. The molecule has 1 rings (SSSR count). The minimum Gasteiger partial charge on any atom is -0.396 e. The first-order valence-electron chi connectivity index (χ1n) is 5.51. The third-order valence-electron chi connectivity index (χ3n) is 2.42. The van der Waals surface area contributed by atoms with Crippen LogP contribution in [0.25, 0.3) is 0 Å². The van der Waals surface area contributed by atoms with Crippen LogP contribution in [0.4, 0.5) is 10.1 Å². The Kier molecular flexibility index (Phi) is 5.64. The summed E-state index contributed by atoms with van der Waals surface area (Å²) in [5.74, 6) is -0.502. The molecule has 1 aromatic rings. The number of thioether (sulfide) groups is 1. The molecule has 19 heavy (non-hydrogen) atoms. The van der Waals surface area contributed by atoms with Crippen LogP contribution in [-0.4, -0.2) is 35.2 Å². The number of nitrogens with two attached hydrogens (primary N) is 1. The standard InChI is InChI=1S/C12H16BrFN2O2S/c1-12(18,6-19-2)5-16-11(17)7-3-10(15)9(14)4-8(7)13/h3-4,18H,5-6,15H2,1-2H3,(H,16,17). The first-order valence-corrected chi connectivity index (χ1v) is 7.69. The van der Waals surface area contributed by atoms with Crippen LogP contribution in [0.2, 0.25) is 0 Å². The summed E-state index contributed by atoms with van der Waals surface area (Å²) in [5, 5.41) is 12.5. The van der Waals surface area contributed by atoms with Gasteiger partial charge in [0.05, 0.1) is 16.9 Å². The Bertz CT molecular complexity index is 483. The van der Waals surface area contributed by atoms with Gasteiger partial charge in [0.2, 0.25) is 0 Å². The molecule has 0 heterocycles. The van der Waals surface area contributed by atoms with Crippen molar-refractivity contribution in [3.05, 3.63) is 28.0 Å². The van der Waals surface area contributed by atoms with Gasteiger partial charge < -0.3 is 16.2 Å². The second-order valence-electron chi connectivity index (χ2n) is 4.47.